The lowest BCUT2D eigenvalue weighted by Gasteiger charge is -2.01. The van der Waals surface area contributed by atoms with E-state index in [4.69, 9.17) is 5.26 Å². The van der Waals surface area contributed by atoms with Crippen molar-refractivity contribution in [1.82, 2.24) is 5.32 Å². The van der Waals surface area contributed by atoms with Crippen LogP contribution in [-0.4, -0.2) is 11.4 Å². The van der Waals surface area contributed by atoms with E-state index in [0.29, 0.717) is 5.17 Å². The van der Waals surface area contributed by atoms with E-state index in [1.54, 1.807) is 0 Å². The molecule has 0 heterocycles. The van der Waals surface area contributed by atoms with Crippen LogP contribution in [0.4, 0.5) is 5.69 Å². The standard InChI is InChI=1S/C10H11N3S/c1-8-5-3-4-6-9(8)13-10(14-2)12-7-11/h3-6H,1-2H3,(H,12,13). The van der Waals surface area contributed by atoms with Crippen LogP contribution in [0.15, 0.2) is 29.3 Å². The fraction of sp³-hybridized carbons (Fsp3) is 0.200. The Morgan fingerprint density at radius 1 is 1.50 bits per heavy atom. The van der Waals surface area contributed by atoms with Crippen molar-refractivity contribution < 1.29 is 0 Å². The molecule has 4 heteroatoms. The molecule has 0 saturated carbocycles. The van der Waals surface area contributed by atoms with Crippen molar-refractivity contribution in [3.05, 3.63) is 29.8 Å². The predicted molar refractivity (Wildman–Crippen MR) is 60.5 cm³/mol. The largest absolute Gasteiger partial charge is 0.271 e. The number of rotatable bonds is 1. The Bertz CT molecular complexity index is 379. The molecule has 14 heavy (non-hydrogen) atoms. The van der Waals surface area contributed by atoms with Crippen LogP contribution in [0.1, 0.15) is 5.56 Å². The van der Waals surface area contributed by atoms with Crippen LogP contribution in [0.2, 0.25) is 0 Å². The van der Waals surface area contributed by atoms with Crippen LogP contribution >= 0.6 is 11.8 Å². The second-order valence-electron chi connectivity index (χ2n) is 2.64. The molecule has 0 radical (unpaired) electrons. The second-order valence-corrected chi connectivity index (χ2v) is 3.44. The number of thioether (sulfide) groups is 1. The third kappa shape index (κ3) is 2.79. The average molecular weight is 205 g/mol. The number of amidine groups is 1. The van der Waals surface area contributed by atoms with E-state index in [1.165, 1.54) is 11.8 Å². The van der Waals surface area contributed by atoms with Crippen molar-refractivity contribution in [1.29, 1.82) is 5.26 Å². The predicted octanol–water partition coefficient (Wildman–Crippen LogP) is 2.42. The van der Waals surface area contributed by atoms with Crippen LogP contribution < -0.4 is 5.32 Å². The number of hydrogen-bond donors (Lipinski definition) is 1. The van der Waals surface area contributed by atoms with Gasteiger partial charge in [0, 0.05) is 0 Å². The molecule has 0 spiro atoms. The summed E-state index contributed by atoms with van der Waals surface area (Å²) in [6.07, 6.45) is 3.73. The summed E-state index contributed by atoms with van der Waals surface area (Å²) in [6, 6.07) is 7.80. The Morgan fingerprint density at radius 3 is 2.79 bits per heavy atom. The van der Waals surface area contributed by atoms with E-state index in [-0.39, 0.29) is 0 Å². The van der Waals surface area contributed by atoms with Gasteiger partial charge in [-0.1, -0.05) is 30.0 Å². The molecule has 0 bridgehead atoms. The third-order valence-corrected chi connectivity index (χ3v) is 2.27. The monoisotopic (exact) mass is 205 g/mol. The van der Waals surface area contributed by atoms with Gasteiger partial charge in [-0.25, -0.2) is 4.99 Å². The van der Waals surface area contributed by atoms with Gasteiger partial charge in [-0.05, 0) is 24.8 Å². The quantitative estimate of drug-likeness (QED) is 0.331. The summed E-state index contributed by atoms with van der Waals surface area (Å²) in [4.78, 5) is 4.31. The van der Waals surface area contributed by atoms with E-state index < -0.39 is 0 Å². The Kier molecular flexibility index (Phi) is 4.02. The summed E-state index contributed by atoms with van der Waals surface area (Å²) in [7, 11) is 0. The molecule has 0 atom stereocenters. The molecule has 0 aliphatic rings. The number of aryl methyl sites for hydroxylation is 1. The van der Waals surface area contributed by atoms with Gasteiger partial charge in [-0.15, -0.1) is 0 Å². The maximum absolute atomic E-state index is 8.46. The number of benzene rings is 1. The molecular weight excluding hydrogens is 194 g/mol. The van der Waals surface area contributed by atoms with E-state index >= 15 is 0 Å². The zero-order chi connectivity index (χ0) is 10.4. The van der Waals surface area contributed by atoms with Gasteiger partial charge >= 0.3 is 0 Å². The van der Waals surface area contributed by atoms with Crippen LogP contribution in [-0.2, 0) is 0 Å². The lowest BCUT2D eigenvalue weighted by atomic mass is 10.2. The van der Waals surface area contributed by atoms with Crippen molar-refractivity contribution in [2.75, 3.05) is 6.26 Å². The smallest absolute Gasteiger partial charge is 0.183 e. The normalized spacial score (nSPS) is 10.8. The maximum atomic E-state index is 8.46. The topological polar surface area (TPSA) is 48.2 Å². The van der Waals surface area contributed by atoms with Gasteiger partial charge < -0.3 is 0 Å². The molecule has 1 aromatic rings. The first-order valence-corrected chi connectivity index (χ1v) is 5.34. The number of para-hydroxylation sites is 1. The second kappa shape index (κ2) is 5.30. The highest BCUT2D eigenvalue weighted by Crippen LogP contribution is 2.18. The van der Waals surface area contributed by atoms with E-state index in [9.17, 15) is 0 Å². The molecule has 0 aliphatic heterocycles. The molecule has 3 nitrogen and oxygen atoms in total. The lowest BCUT2D eigenvalue weighted by Crippen LogP contribution is -2.12. The van der Waals surface area contributed by atoms with Gasteiger partial charge in [0.05, 0.1) is 5.69 Å². The summed E-state index contributed by atoms with van der Waals surface area (Å²) in [6.45, 7) is 1.99. The van der Waals surface area contributed by atoms with Gasteiger partial charge in [0.1, 0.15) is 0 Å². The van der Waals surface area contributed by atoms with E-state index in [2.05, 4.69) is 10.3 Å². The van der Waals surface area contributed by atoms with Gasteiger partial charge in [-0.2, -0.15) is 5.26 Å². The average Bonchev–Trinajstić information content (AvgIpc) is 2.20. The van der Waals surface area contributed by atoms with Crippen molar-refractivity contribution in [3.63, 3.8) is 0 Å². The zero-order valence-corrected chi connectivity index (χ0v) is 8.93. The molecule has 0 fully saturated rings. The Hall–Kier alpha value is -1.47. The third-order valence-electron chi connectivity index (χ3n) is 1.69. The molecule has 0 amide bonds. The molecule has 0 aliphatic carbocycles. The molecule has 0 saturated heterocycles. The molecule has 1 rings (SSSR count). The highest BCUT2D eigenvalue weighted by Gasteiger charge is 1.97. The van der Waals surface area contributed by atoms with E-state index in [1.807, 2.05) is 43.6 Å². The summed E-state index contributed by atoms with van der Waals surface area (Å²) < 4.78 is 0. The first kappa shape index (κ1) is 10.6. The summed E-state index contributed by atoms with van der Waals surface area (Å²) in [5.74, 6) is 0. The highest BCUT2D eigenvalue weighted by molar-refractivity contribution is 8.13. The number of nitrogens with one attached hydrogen (secondary N) is 1. The molecule has 1 aromatic carbocycles. The van der Waals surface area contributed by atoms with Crippen LogP contribution in [0.25, 0.3) is 0 Å². The number of hydrogen-bond acceptors (Lipinski definition) is 3. The summed E-state index contributed by atoms with van der Waals surface area (Å²) in [5.41, 5.74) is 1.98. The molecule has 0 unspecified atom stereocenters. The lowest BCUT2D eigenvalue weighted by molar-refractivity contribution is 1.27. The minimum atomic E-state index is 0.613. The number of nitrogens with zero attached hydrogens (tertiary/aromatic N) is 2. The molecule has 1 N–H and O–H groups in total. The van der Waals surface area contributed by atoms with Crippen LogP contribution in [0, 0.1) is 18.4 Å². The SMILES string of the molecule is CSC(=Nc1ccccc1C)NC#N. The van der Waals surface area contributed by atoms with Crippen molar-refractivity contribution >= 4 is 22.6 Å². The fourth-order valence-electron chi connectivity index (χ4n) is 0.971. The summed E-state index contributed by atoms with van der Waals surface area (Å²) in [5, 5.41) is 11.6. The fourth-order valence-corrected chi connectivity index (χ4v) is 1.31. The van der Waals surface area contributed by atoms with Gasteiger partial charge in [0.15, 0.2) is 11.4 Å². The van der Waals surface area contributed by atoms with E-state index in [0.717, 1.165) is 11.3 Å². The Morgan fingerprint density at radius 2 is 2.21 bits per heavy atom. The number of aliphatic imine (C=N–C) groups is 1. The van der Waals surface area contributed by atoms with Gasteiger partial charge in [-0.3, -0.25) is 5.32 Å². The number of nitriles is 1. The maximum Gasteiger partial charge on any atom is 0.183 e. The molecule has 0 aromatic heterocycles. The summed E-state index contributed by atoms with van der Waals surface area (Å²) >= 11 is 1.41. The molecule has 72 valence electrons. The minimum Gasteiger partial charge on any atom is -0.271 e. The zero-order valence-electron chi connectivity index (χ0n) is 8.11. The minimum absolute atomic E-state index is 0.613. The highest BCUT2D eigenvalue weighted by atomic mass is 32.2. The Balaban J connectivity index is 2.95. The van der Waals surface area contributed by atoms with Gasteiger partial charge in [0.2, 0.25) is 0 Å². The van der Waals surface area contributed by atoms with Crippen molar-refractivity contribution in [2.24, 2.45) is 4.99 Å². The van der Waals surface area contributed by atoms with Crippen molar-refractivity contribution in [2.45, 2.75) is 6.92 Å². The first-order chi connectivity index (χ1) is 6.77. The Labute approximate surface area is 87.9 Å². The molecular formula is C10H11N3S. The van der Waals surface area contributed by atoms with Crippen LogP contribution in [0.5, 0.6) is 0 Å². The van der Waals surface area contributed by atoms with Crippen molar-refractivity contribution in [3.8, 4) is 6.19 Å². The van der Waals surface area contributed by atoms with Gasteiger partial charge in [0.25, 0.3) is 0 Å². The first-order valence-electron chi connectivity index (χ1n) is 4.11. The van der Waals surface area contributed by atoms with Crippen LogP contribution in [0.3, 0.4) is 0 Å².